The van der Waals surface area contributed by atoms with E-state index in [1.165, 1.54) is 43.5 Å². The molecule has 1 aliphatic rings. The second-order valence-electron chi connectivity index (χ2n) is 7.09. The van der Waals surface area contributed by atoms with Crippen LogP contribution in [0.2, 0.25) is 5.02 Å². The zero-order valence-corrected chi connectivity index (χ0v) is 20.1. The topological polar surface area (TPSA) is 132 Å². The van der Waals surface area contributed by atoms with Crippen LogP contribution in [0.4, 0.5) is 0 Å². The molecule has 0 aromatic heterocycles. The van der Waals surface area contributed by atoms with Crippen LogP contribution in [0, 0.1) is 5.92 Å². The van der Waals surface area contributed by atoms with Crippen molar-refractivity contribution in [3.63, 3.8) is 0 Å². The average Bonchev–Trinajstić information content (AvgIpc) is 3.18. The summed E-state index contributed by atoms with van der Waals surface area (Å²) in [5.41, 5.74) is 0. The third-order valence-electron chi connectivity index (χ3n) is 4.63. The minimum absolute atomic E-state index is 0.0993. The smallest absolute Gasteiger partial charge is 0.459 e. The number of benzene rings is 1. The number of carbonyl (C=O) groups excluding carboxylic acids is 3. The van der Waals surface area contributed by atoms with Crippen molar-refractivity contribution in [2.45, 2.75) is 25.7 Å². The minimum Gasteiger partial charge on any atom is -0.468 e. The summed E-state index contributed by atoms with van der Waals surface area (Å²) in [5.74, 6) is -0.916. The number of esters is 1. The van der Waals surface area contributed by atoms with Crippen molar-refractivity contribution < 1.29 is 37.5 Å². The zero-order chi connectivity index (χ0) is 24.4. The van der Waals surface area contributed by atoms with Crippen molar-refractivity contribution >= 4 is 37.6 Å². The number of carbonyl (C=O) groups is 3. The Labute approximate surface area is 196 Å². The summed E-state index contributed by atoms with van der Waals surface area (Å²) in [6.07, 6.45) is 2.40. The van der Waals surface area contributed by atoms with Crippen LogP contribution in [0.3, 0.4) is 0 Å². The van der Waals surface area contributed by atoms with Gasteiger partial charge in [-0.15, -0.1) is 0 Å². The molecule has 1 saturated heterocycles. The van der Waals surface area contributed by atoms with Crippen molar-refractivity contribution in [2.75, 3.05) is 27.3 Å². The number of hydrogen-bond donors (Lipinski definition) is 2. The first-order chi connectivity index (χ1) is 15.7. The monoisotopic (exact) mass is 503 g/mol. The molecule has 2 rings (SSSR count). The molecule has 2 N–H and O–H groups in total. The molecule has 2 amide bonds. The van der Waals surface area contributed by atoms with Gasteiger partial charge in [0.25, 0.3) is 0 Å². The van der Waals surface area contributed by atoms with Crippen LogP contribution in [0.1, 0.15) is 13.3 Å². The SMILES string of the molecule is CNC(=O)/C=C\N(C=O)C1OC(COP(=O)(NCC(=O)OC)Oc2ccc(Cl)cc2)CC1C. The van der Waals surface area contributed by atoms with E-state index in [1.807, 2.05) is 6.92 Å². The third-order valence-corrected chi connectivity index (χ3v) is 6.37. The Morgan fingerprint density at radius 2 is 2.03 bits per heavy atom. The quantitative estimate of drug-likeness (QED) is 0.190. The molecule has 13 heteroatoms. The molecule has 4 unspecified atom stereocenters. The Kier molecular flexibility index (Phi) is 10.3. The van der Waals surface area contributed by atoms with Crippen LogP contribution in [0.15, 0.2) is 36.5 Å². The Morgan fingerprint density at radius 1 is 1.33 bits per heavy atom. The maximum absolute atomic E-state index is 13.2. The van der Waals surface area contributed by atoms with E-state index in [4.69, 9.17) is 25.4 Å². The van der Waals surface area contributed by atoms with Crippen molar-refractivity contribution in [1.29, 1.82) is 0 Å². The van der Waals surface area contributed by atoms with E-state index in [-0.39, 0.29) is 24.2 Å². The van der Waals surface area contributed by atoms with Crippen molar-refractivity contribution in [2.24, 2.45) is 5.92 Å². The van der Waals surface area contributed by atoms with Crippen molar-refractivity contribution in [3.05, 3.63) is 41.6 Å². The van der Waals surface area contributed by atoms with Gasteiger partial charge >= 0.3 is 13.7 Å². The number of hydrogen-bond acceptors (Lipinski definition) is 8. The number of halogens is 1. The highest BCUT2D eigenvalue weighted by molar-refractivity contribution is 7.52. The highest BCUT2D eigenvalue weighted by atomic mass is 35.5. The molecular weight excluding hydrogens is 477 g/mol. The summed E-state index contributed by atoms with van der Waals surface area (Å²) in [6, 6.07) is 6.11. The first kappa shape index (κ1) is 26.8. The molecule has 11 nitrogen and oxygen atoms in total. The van der Waals surface area contributed by atoms with Crippen LogP contribution in [-0.2, 0) is 32.9 Å². The molecule has 0 saturated carbocycles. The van der Waals surface area contributed by atoms with Gasteiger partial charge < -0.3 is 19.3 Å². The number of nitrogens with zero attached hydrogens (tertiary/aromatic N) is 1. The van der Waals surface area contributed by atoms with Gasteiger partial charge in [-0.2, -0.15) is 0 Å². The Bertz CT molecular complexity index is 898. The van der Waals surface area contributed by atoms with Gasteiger partial charge in [0.15, 0.2) is 0 Å². The number of rotatable bonds is 12. The predicted octanol–water partition coefficient (Wildman–Crippen LogP) is 2.08. The Morgan fingerprint density at radius 3 is 2.64 bits per heavy atom. The van der Waals surface area contributed by atoms with Gasteiger partial charge in [-0.25, -0.2) is 9.65 Å². The summed E-state index contributed by atoms with van der Waals surface area (Å²) in [4.78, 5) is 35.6. The van der Waals surface area contributed by atoms with Gasteiger partial charge in [-0.05, 0) is 30.7 Å². The molecule has 1 aromatic carbocycles. The van der Waals surface area contributed by atoms with Crippen molar-refractivity contribution in [1.82, 2.24) is 15.3 Å². The molecule has 1 heterocycles. The van der Waals surface area contributed by atoms with E-state index in [0.717, 1.165) is 0 Å². The Hall–Kier alpha value is -2.43. The fourth-order valence-corrected chi connectivity index (χ4v) is 4.38. The van der Waals surface area contributed by atoms with Crippen LogP contribution >= 0.6 is 19.3 Å². The molecular formula is C20H27ClN3O8P. The van der Waals surface area contributed by atoms with E-state index in [0.29, 0.717) is 17.9 Å². The zero-order valence-electron chi connectivity index (χ0n) is 18.4. The first-order valence-electron chi connectivity index (χ1n) is 9.99. The summed E-state index contributed by atoms with van der Waals surface area (Å²) in [7, 11) is -1.33. The highest BCUT2D eigenvalue weighted by Gasteiger charge is 2.38. The first-order valence-corrected chi connectivity index (χ1v) is 11.9. The third kappa shape index (κ3) is 8.45. The summed E-state index contributed by atoms with van der Waals surface area (Å²) < 4.78 is 34.7. The Balaban J connectivity index is 2.04. The second-order valence-corrected chi connectivity index (χ2v) is 9.28. The van der Waals surface area contributed by atoms with E-state index in [1.54, 1.807) is 12.1 Å². The summed E-state index contributed by atoms with van der Waals surface area (Å²) in [5, 5.41) is 5.34. The normalized spacial score (nSPS) is 21.9. The maximum atomic E-state index is 13.2. The molecule has 1 aliphatic heterocycles. The fraction of sp³-hybridized carbons (Fsp3) is 0.450. The fourth-order valence-electron chi connectivity index (χ4n) is 2.96. The van der Waals surface area contributed by atoms with Crippen molar-refractivity contribution in [3.8, 4) is 5.75 Å². The lowest BCUT2D eigenvalue weighted by Crippen LogP contribution is -2.34. The molecule has 1 aromatic rings. The standard InChI is InChI=1S/C20H27ClN3O8P/c1-14-10-17(31-20(14)24(13-25)9-8-18(26)22-2)12-30-33(28,23-11-19(27)29-3)32-16-6-4-15(21)5-7-16/h4-9,13-14,17,20H,10-12H2,1-3H3,(H,22,26)(H,23,28)/b9-8-. The van der Waals surface area contributed by atoms with E-state index in [2.05, 4.69) is 15.1 Å². The number of ether oxygens (including phenoxy) is 2. The van der Waals surface area contributed by atoms with E-state index < -0.39 is 32.6 Å². The molecule has 0 bridgehead atoms. The van der Waals surface area contributed by atoms with Crippen LogP contribution < -0.4 is 14.9 Å². The van der Waals surface area contributed by atoms with Gasteiger partial charge in [0.2, 0.25) is 12.3 Å². The molecule has 4 atom stereocenters. The van der Waals surface area contributed by atoms with Gasteiger partial charge in [-0.1, -0.05) is 18.5 Å². The summed E-state index contributed by atoms with van der Waals surface area (Å²) >= 11 is 5.86. The lowest BCUT2D eigenvalue weighted by molar-refractivity contribution is -0.139. The maximum Gasteiger partial charge on any atom is 0.459 e. The van der Waals surface area contributed by atoms with Gasteiger partial charge in [0.05, 0.1) is 19.8 Å². The van der Waals surface area contributed by atoms with E-state index in [9.17, 15) is 18.9 Å². The second kappa shape index (κ2) is 12.7. The molecule has 182 valence electrons. The number of nitrogens with one attached hydrogen (secondary N) is 2. The number of methoxy groups -OCH3 is 1. The van der Waals surface area contributed by atoms with Crippen LogP contribution in [-0.4, -0.2) is 62.8 Å². The molecule has 1 fully saturated rings. The van der Waals surface area contributed by atoms with Gasteiger partial charge in [0.1, 0.15) is 18.5 Å². The van der Waals surface area contributed by atoms with Crippen LogP contribution in [0.5, 0.6) is 5.75 Å². The van der Waals surface area contributed by atoms with Gasteiger partial charge in [-0.3, -0.25) is 23.8 Å². The number of likely N-dealkylation sites (N-methyl/N-ethyl adjacent to an activating group) is 1. The van der Waals surface area contributed by atoms with Crippen LogP contribution in [0.25, 0.3) is 0 Å². The lowest BCUT2D eigenvalue weighted by atomic mass is 10.1. The van der Waals surface area contributed by atoms with E-state index >= 15 is 0 Å². The lowest BCUT2D eigenvalue weighted by Gasteiger charge is -2.24. The largest absolute Gasteiger partial charge is 0.468 e. The van der Waals surface area contributed by atoms with Gasteiger partial charge in [0, 0.05) is 30.3 Å². The number of amides is 2. The molecule has 0 spiro atoms. The average molecular weight is 504 g/mol. The predicted molar refractivity (Wildman–Crippen MR) is 119 cm³/mol. The molecule has 33 heavy (non-hydrogen) atoms. The highest BCUT2D eigenvalue weighted by Crippen LogP contribution is 2.45. The minimum atomic E-state index is -4.00. The molecule has 0 radical (unpaired) electrons. The summed E-state index contributed by atoms with van der Waals surface area (Å²) in [6.45, 7) is 1.31. The molecule has 0 aliphatic carbocycles.